The van der Waals surface area contributed by atoms with Crippen LogP contribution in [0.15, 0.2) is 40.9 Å². The van der Waals surface area contributed by atoms with Crippen LogP contribution < -0.4 is 5.32 Å². The van der Waals surface area contributed by atoms with Crippen molar-refractivity contribution in [2.75, 3.05) is 5.32 Å². The zero-order valence-electron chi connectivity index (χ0n) is 10.3. The lowest BCUT2D eigenvalue weighted by molar-refractivity contribution is -0.385. The van der Waals surface area contributed by atoms with Gasteiger partial charge in [-0.3, -0.25) is 14.9 Å². The van der Waals surface area contributed by atoms with Crippen molar-refractivity contribution in [1.29, 1.82) is 0 Å². The molecular formula is C13H7BrClFN2O3. The van der Waals surface area contributed by atoms with Gasteiger partial charge in [-0.2, -0.15) is 0 Å². The number of benzene rings is 2. The van der Waals surface area contributed by atoms with Crippen molar-refractivity contribution in [1.82, 2.24) is 0 Å². The van der Waals surface area contributed by atoms with Crippen molar-refractivity contribution in [3.8, 4) is 0 Å². The maximum atomic E-state index is 13.6. The number of halogens is 3. The number of hydrogen-bond acceptors (Lipinski definition) is 3. The second kappa shape index (κ2) is 6.19. The van der Waals surface area contributed by atoms with Crippen LogP contribution in [-0.2, 0) is 0 Å². The number of anilines is 1. The molecule has 5 nitrogen and oxygen atoms in total. The molecule has 8 heteroatoms. The fourth-order valence-corrected chi connectivity index (χ4v) is 2.36. The molecule has 0 bridgehead atoms. The minimum Gasteiger partial charge on any atom is -0.319 e. The first-order valence-corrected chi connectivity index (χ1v) is 6.76. The van der Waals surface area contributed by atoms with E-state index >= 15 is 0 Å². The molecule has 1 amide bonds. The predicted molar refractivity (Wildman–Crippen MR) is 80.2 cm³/mol. The highest BCUT2D eigenvalue weighted by molar-refractivity contribution is 9.10. The van der Waals surface area contributed by atoms with E-state index in [0.29, 0.717) is 0 Å². The van der Waals surface area contributed by atoms with Gasteiger partial charge in [0.25, 0.3) is 11.6 Å². The summed E-state index contributed by atoms with van der Waals surface area (Å²) in [5.41, 5.74) is -0.291. The Morgan fingerprint density at radius 3 is 2.67 bits per heavy atom. The quantitative estimate of drug-likeness (QED) is 0.640. The summed E-state index contributed by atoms with van der Waals surface area (Å²) in [5.74, 6) is -1.37. The van der Waals surface area contributed by atoms with E-state index in [2.05, 4.69) is 21.2 Å². The molecule has 0 saturated heterocycles. The van der Waals surface area contributed by atoms with Crippen LogP contribution in [-0.4, -0.2) is 10.8 Å². The van der Waals surface area contributed by atoms with Gasteiger partial charge in [0.2, 0.25) is 0 Å². The van der Waals surface area contributed by atoms with Crippen LogP contribution in [0, 0.1) is 15.9 Å². The molecule has 2 rings (SSSR count). The lowest BCUT2D eigenvalue weighted by Gasteiger charge is -2.08. The van der Waals surface area contributed by atoms with E-state index in [1.54, 1.807) is 0 Å². The fourth-order valence-electron chi connectivity index (χ4n) is 1.62. The highest BCUT2D eigenvalue weighted by atomic mass is 79.9. The average molecular weight is 374 g/mol. The third-order valence-corrected chi connectivity index (χ3v) is 3.67. The van der Waals surface area contributed by atoms with Gasteiger partial charge < -0.3 is 5.32 Å². The van der Waals surface area contributed by atoms with Crippen molar-refractivity contribution in [2.45, 2.75) is 0 Å². The van der Waals surface area contributed by atoms with E-state index in [-0.39, 0.29) is 26.4 Å². The van der Waals surface area contributed by atoms with Crippen LogP contribution in [0.5, 0.6) is 0 Å². The number of nitrogens with zero attached hydrogens (tertiary/aromatic N) is 1. The summed E-state index contributed by atoms with van der Waals surface area (Å²) in [6, 6.07) is 7.79. The number of nitrogens with one attached hydrogen (secondary N) is 1. The number of carbonyl (C=O) groups excluding carboxylic acids is 1. The molecule has 0 saturated carbocycles. The SMILES string of the molecule is O=C(Nc1ccc(Cl)cc1F)c1cccc([N+](=O)[O-])c1Br. The lowest BCUT2D eigenvalue weighted by atomic mass is 10.2. The molecule has 0 aliphatic carbocycles. The molecule has 0 unspecified atom stereocenters. The highest BCUT2D eigenvalue weighted by Gasteiger charge is 2.20. The zero-order chi connectivity index (χ0) is 15.6. The minimum atomic E-state index is -0.697. The molecular weight excluding hydrogens is 367 g/mol. The number of carbonyl (C=O) groups is 1. The summed E-state index contributed by atoms with van der Waals surface area (Å²) in [4.78, 5) is 22.3. The predicted octanol–water partition coefficient (Wildman–Crippen LogP) is 4.40. The Morgan fingerprint density at radius 2 is 2.05 bits per heavy atom. The maximum absolute atomic E-state index is 13.6. The average Bonchev–Trinajstić information content (AvgIpc) is 2.41. The maximum Gasteiger partial charge on any atom is 0.284 e. The van der Waals surface area contributed by atoms with Crippen LogP contribution in [0.1, 0.15) is 10.4 Å². The van der Waals surface area contributed by atoms with Crippen molar-refractivity contribution in [3.05, 3.63) is 67.4 Å². The van der Waals surface area contributed by atoms with Gasteiger partial charge in [-0.1, -0.05) is 17.7 Å². The Hall–Kier alpha value is -1.99. The van der Waals surface area contributed by atoms with Crippen molar-refractivity contribution < 1.29 is 14.1 Å². The van der Waals surface area contributed by atoms with Gasteiger partial charge >= 0.3 is 0 Å². The molecule has 0 atom stereocenters. The van der Waals surface area contributed by atoms with E-state index in [0.717, 1.165) is 6.07 Å². The molecule has 2 aromatic rings. The van der Waals surface area contributed by atoms with Gasteiger partial charge in [0, 0.05) is 11.1 Å². The summed E-state index contributed by atoms with van der Waals surface area (Å²) >= 11 is 8.62. The number of nitro groups is 1. The van der Waals surface area contributed by atoms with E-state index in [9.17, 15) is 19.3 Å². The van der Waals surface area contributed by atoms with Crippen LogP contribution in [0.3, 0.4) is 0 Å². The van der Waals surface area contributed by atoms with Gasteiger partial charge in [-0.25, -0.2) is 4.39 Å². The Morgan fingerprint density at radius 1 is 1.33 bits per heavy atom. The normalized spacial score (nSPS) is 10.2. The van der Waals surface area contributed by atoms with Gasteiger partial charge in [-0.05, 0) is 40.2 Å². The topological polar surface area (TPSA) is 72.2 Å². The Labute approximate surface area is 132 Å². The number of rotatable bonds is 3. The van der Waals surface area contributed by atoms with Gasteiger partial charge in [-0.15, -0.1) is 0 Å². The molecule has 0 radical (unpaired) electrons. The number of hydrogen-bond donors (Lipinski definition) is 1. The molecule has 0 aliphatic heterocycles. The summed E-state index contributed by atoms with van der Waals surface area (Å²) < 4.78 is 13.6. The van der Waals surface area contributed by atoms with Crippen LogP contribution in [0.25, 0.3) is 0 Å². The molecule has 0 aliphatic rings. The van der Waals surface area contributed by atoms with E-state index in [1.807, 2.05) is 0 Å². The van der Waals surface area contributed by atoms with Crippen molar-refractivity contribution in [3.63, 3.8) is 0 Å². The first kappa shape index (κ1) is 15.4. The first-order chi connectivity index (χ1) is 9.90. The van der Waals surface area contributed by atoms with E-state index in [1.165, 1.54) is 30.3 Å². The molecule has 0 spiro atoms. The largest absolute Gasteiger partial charge is 0.319 e. The summed E-state index contributed by atoms with van der Waals surface area (Å²) in [7, 11) is 0. The molecule has 2 aromatic carbocycles. The number of nitro benzene ring substituents is 1. The van der Waals surface area contributed by atoms with Gasteiger partial charge in [0.05, 0.1) is 16.2 Å². The summed E-state index contributed by atoms with van der Waals surface area (Å²) in [5, 5.41) is 13.3. The standard InChI is InChI=1S/C13H7BrClFN2O3/c14-12-8(2-1-3-11(12)18(20)21)13(19)17-10-5-4-7(15)6-9(10)16/h1-6H,(H,17,19). The van der Waals surface area contributed by atoms with Crippen LogP contribution in [0.2, 0.25) is 5.02 Å². The van der Waals surface area contributed by atoms with Gasteiger partial charge in [0.15, 0.2) is 0 Å². The Bertz CT molecular complexity index is 739. The molecule has 0 aromatic heterocycles. The zero-order valence-corrected chi connectivity index (χ0v) is 12.6. The third kappa shape index (κ3) is 3.37. The van der Waals surface area contributed by atoms with Crippen LogP contribution >= 0.6 is 27.5 Å². The Kier molecular flexibility index (Phi) is 4.54. The van der Waals surface area contributed by atoms with E-state index < -0.39 is 16.6 Å². The smallest absolute Gasteiger partial charge is 0.284 e. The minimum absolute atomic E-state index is 0.0264. The van der Waals surface area contributed by atoms with E-state index in [4.69, 9.17) is 11.6 Å². The third-order valence-electron chi connectivity index (χ3n) is 2.60. The van der Waals surface area contributed by atoms with Gasteiger partial charge in [0.1, 0.15) is 10.3 Å². The van der Waals surface area contributed by atoms with Crippen molar-refractivity contribution in [2.24, 2.45) is 0 Å². The summed E-state index contributed by atoms with van der Waals surface area (Å²) in [6.07, 6.45) is 0. The molecule has 21 heavy (non-hydrogen) atoms. The first-order valence-electron chi connectivity index (χ1n) is 5.59. The summed E-state index contributed by atoms with van der Waals surface area (Å²) in [6.45, 7) is 0. The van der Waals surface area contributed by atoms with Crippen LogP contribution in [0.4, 0.5) is 15.8 Å². The monoisotopic (exact) mass is 372 g/mol. The lowest BCUT2D eigenvalue weighted by Crippen LogP contribution is -2.14. The molecule has 0 fully saturated rings. The second-order valence-corrected chi connectivity index (χ2v) is 5.20. The number of amides is 1. The second-order valence-electron chi connectivity index (χ2n) is 3.97. The fraction of sp³-hybridized carbons (Fsp3) is 0. The molecule has 0 heterocycles. The molecule has 1 N–H and O–H groups in total. The Balaban J connectivity index is 2.33. The van der Waals surface area contributed by atoms with Crippen molar-refractivity contribution >= 4 is 44.8 Å². The highest BCUT2D eigenvalue weighted by Crippen LogP contribution is 2.29. The molecule has 108 valence electrons.